The lowest BCUT2D eigenvalue weighted by molar-refractivity contribution is -0.140. The molecule has 3 rings (SSSR count). The summed E-state index contributed by atoms with van der Waals surface area (Å²) in [7, 11) is 0.0627. The molecule has 10 nitrogen and oxygen atoms in total. The van der Waals surface area contributed by atoms with Crippen molar-refractivity contribution in [2.75, 3.05) is 32.2 Å². The largest absolute Gasteiger partial charge is 0.497 e. The number of halogens is 1. The minimum atomic E-state index is -4.32. The number of amides is 2. The zero-order chi connectivity index (χ0) is 31.7. The first kappa shape index (κ1) is 33.5. The van der Waals surface area contributed by atoms with E-state index in [1.165, 1.54) is 68.7 Å². The summed E-state index contributed by atoms with van der Waals surface area (Å²) in [5, 5.41) is 3.28. The predicted molar refractivity (Wildman–Crippen MR) is 166 cm³/mol. The molecule has 0 unspecified atom stereocenters. The van der Waals surface area contributed by atoms with Gasteiger partial charge in [0.25, 0.3) is 10.0 Å². The lowest BCUT2D eigenvalue weighted by Crippen LogP contribution is -2.53. The first-order valence-electron chi connectivity index (χ1n) is 13.7. The topological polar surface area (TPSA) is 114 Å². The van der Waals surface area contributed by atoms with Crippen molar-refractivity contribution in [2.24, 2.45) is 0 Å². The number of hydrogen-bond donors (Lipinski definition) is 1. The smallest absolute Gasteiger partial charge is 0.264 e. The molecule has 0 radical (unpaired) electrons. The van der Waals surface area contributed by atoms with Crippen molar-refractivity contribution in [1.82, 2.24) is 10.2 Å². The highest BCUT2D eigenvalue weighted by molar-refractivity contribution is 7.92. The van der Waals surface area contributed by atoms with E-state index in [4.69, 9.17) is 25.8 Å². The van der Waals surface area contributed by atoms with Crippen molar-refractivity contribution in [3.8, 4) is 17.2 Å². The molecule has 0 bridgehead atoms. The Hall–Kier alpha value is -3.96. The van der Waals surface area contributed by atoms with E-state index in [9.17, 15) is 18.0 Å². The van der Waals surface area contributed by atoms with Gasteiger partial charge in [-0.05, 0) is 74.4 Å². The van der Waals surface area contributed by atoms with Gasteiger partial charge in [0.15, 0.2) is 11.5 Å². The van der Waals surface area contributed by atoms with E-state index in [2.05, 4.69) is 5.32 Å². The molecular weight excluding hydrogens is 594 g/mol. The molecule has 0 heterocycles. The van der Waals surface area contributed by atoms with Crippen LogP contribution in [0.5, 0.6) is 17.2 Å². The number of methoxy groups -OCH3 is 3. The third-order valence-corrected chi connectivity index (χ3v) is 8.66. The molecule has 0 aliphatic rings. The van der Waals surface area contributed by atoms with E-state index >= 15 is 0 Å². The lowest BCUT2D eigenvalue weighted by atomic mass is 10.1. The van der Waals surface area contributed by atoms with Gasteiger partial charge in [-0.3, -0.25) is 13.9 Å². The Labute approximate surface area is 258 Å². The molecule has 43 heavy (non-hydrogen) atoms. The van der Waals surface area contributed by atoms with Gasteiger partial charge >= 0.3 is 0 Å². The molecule has 1 N–H and O–H groups in total. The van der Waals surface area contributed by atoms with Gasteiger partial charge in [0, 0.05) is 23.7 Å². The number of sulfonamides is 1. The normalized spacial score (nSPS) is 11.9. The summed E-state index contributed by atoms with van der Waals surface area (Å²) in [4.78, 5) is 28.8. The van der Waals surface area contributed by atoms with Gasteiger partial charge in [-0.2, -0.15) is 0 Å². The third kappa shape index (κ3) is 8.32. The van der Waals surface area contributed by atoms with Crippen LogP contribution in [0.1, 0.15) is 32.8 Å². The molecule has 12 heteroatoms. The van der Waals surface area contributed by atoms with Crippen LogP contribution in [0.3, 0.4) is 0 Å². The summed E-state index contributed by atoms with van der Waals surface area (Å²) >= 11 is 6.10. The van der Waals surface area contributed by atoms with Gasteiger partial charge in [0.2, 0.25) is 11.8 Å². The van der Waals surface area contributed by atoms with Crippen LogP contribution in [0.4, 0.5) is 5.69 Å². The number of carbonyl (C=O) groups is 2. The molecular formula is C31H38ClN3O7S. The summed E-state index contributed by atoms with van der Waals surface area (Å²) in [6, 6.07) is 16.4. The van der Waals surface area contributed by atoms with Crippen molar-refractivity contribution in [2.45, 2.75) is 50.7 Å². The fourth-order valence-electron chi connectivity index (χ4n) is 4.51. The zero-order valence-corrected chi connectivity index (χ0v) is 26.7. The Morgan fingerprint density at radius 1 is 0.907 bits per heavy atom. The zero-order valence-electron chi connectivity index (χ0n) is 25.2. The van der Waals surface area contributed by atoms with Crippen molar-refractivity contribution in [3.63, 3.8) is 0 Å². The number of nitrogens with one attached hydrogen (secondary N) is 1. The van der Waals surface area contributed by atoms with Gasteiger partial charge in [-0.25, -0.2) is 8.42 Å². The number of anilines is 1. The third-order valence-electron chi connectivity index (χ3n) is 6.64. The molecule has 0 saturated heterocycles. The number of hydrogen-bond acceptors (Lipinski definition) is 7. The van der Waals surface area contributed by atoms with Crippen LogP contribution in [-0.2, 0) is 26.2 Å². The average molecular weight is 632 g/mol. The second-order valence-corrected chi connectivity index (χ2v) is 12.3. The monoisotopic (exact) mass is 631 g/mol. The molecule has 232 valence electrons. The summed E-state index contributed by atoms with van der Waals surface area (Å²) < 4.78 is 45.2. The summed E-state index contributed by atoms with van der Waals surface area (Å²) in [6.07, 6.45) is 0.303. The van der Waals surface area contributed by atoms with Crippen LogP contribution in [0.25, 0.3) is 0 Å². The molecule has 1 atom stereocenters. The minimum absolute atomic E-state index is 0.0465. The van der Waals surface area contributed by atoms with E-state index in [-0.39, 0.29) is 34.8 Å². The van der Waals surface area contributed by atoms with E-state index in [1.54, 1.807) is 25.1 Å². The van der Waals surface area contributed by atoms with Crippen LogP contribution in [0.15, 0.2) is 71.6 Å². The van der Waals surface area contributed by atoms with Gasteiger partial charge in [0.1, 0.15) is 18.3 Å². The SMILES string of the molecule is CC[C@@H](C(=O)NC(C)C)N(Cc1cccc(OC)c1)C(=O)CN(c1ccc(Cl)cc1)S(=O)(=O)c1ccc(OC)c(OC)c1. The number of ether oxygens (including phenoxy) is 3. The molecule has 3 aromatic carbocycles. The Morgan fingerprint density at radius 2 is 1.58 bits per heavy atom. The molecule has 3 aromatic rings. The van der Waals surface area contributed by atoms with Crippen LogP contribution >= 0.6 is 11.6 Å². The first-order valence-corrected chi connectivity index (χ1v) is 15.5. The van der Waals surface area contributed by atoms with Crippen molar-refractivity contribution in [1.29, 1.82) is 0 Å². The van der Waals surface area contributed by atoms with Gasteiger partial charge in [-0.15, -0.1) is 0 Å². The molecule has 0 saturated carbocycles. The molecule has 2 amide bonds. The standard InChI is InChI=1S/C31H38ClN3O7S/c1-7-27(31(37)33-21(2)3)34(19-22-9-8-10-25(17-22)40-4)30(36)20-35(24-13-11-23(32)12-14-24)43(38,39)26-15-16-28(41-5)29(18-26)42-6/h8-18,21,27H,7,19-20H2,1-6H3,(H,33,37)/t27-/m0/s1. The molecule has 0 aliphatic carbocycles. The maximum Gasteiger partial charge on any atom is 0.264 e. The highest BCUT2D eigenvalue weighted by Gasteiger charge is 2.34. The summed E-state index contributed by atoms with van der Waals surface area (Å²) in [5.74, 6) is 0.231. The average Bonchev–Trinajstić information content (AvgIpc) is 2.99. The fourth-order valence-corrected chi connectivity index (χ4v) is 6.06. The van der Waals surface area contributed by atoms with E-state index in [1.807, 2.05) is 19.9 Å². The summed E-state index contributed by atoms with van der Waals surface area (Å²) in [5.41, 5.74) is 0.929. The molecule has 0 spiro atoms. The molecule has 0 fully saturated rings. The van der Waals surface area contributed by atoms with E-state index < -0.39 is 28.5 Å². The van der Waals surface area contributed by atoms with Crippen molar-refractivity contribution < 1.29 is 32.2 Å². The number of nitrogens with zero attached hydrogens (tertiary/aromatic N) is 2. The molecule has 0 aliphatic heterocycles. The quantitative estimate of drug-likeness (QED) is 0.269. The minimum Gasteiger partial charge on any atom is -0.497 e. The highest BCUT2D eigenvalue weighted by atomic mass is 35.5. The Kier molecular flexibility index (Phi) is 11.7. The van der Waals surface area contributed by atoms with Crippen molar-refractivity contribution in [3.05, 3.63) is 77.3 Å². The fraction of sp³-hybridized carbons (Fsp3) is 0.355. The lowest BCUT2D eigenvalue weighted by Gasteiger charge is -2.33. The first-order chi connectivity index (χ1) is 20.4. The van der Waals surface area contributed by atoms with Crippen LogP contribution < -0.4 is 23.8 Å². The van der Waals surface area contributed by atoms with Gasteiger partial charge in [-0.1, -0.05) is 30.7 Å². The van der Waals surface area contributed by atoms with Crippen LogP contribution in [0.2, 0.25) is 5.02 Å². The number of benzene rings is 3. The van der Waals surface area contributed by atoms with Crippen LogP contribution in [-0.4, -0.2) is 65.1 Å². The highest BCUT2D eigenvalue weighted by Crippen LogP contribution is 2.33. The second-order valence-electron chi connectivity index (χ2n) is 9.97. The second kappa shape index (κ2) is 15.0. The van der Waals surface area contributed by atoms with E-state index in [0.717, 1.165) is 4.31 Å². The maximum absolute atomic E-state index is 14.2. The van der Waals surface area contributed by atoms with Gasteiger partial charge in [0.05, 0.1) is 31.9 Å². The van der Waals surface area contributed by atoms with Crippen molar-refractivity contribution >= 4 is 39.1 Å². The Morgan fingerprint density at radius 3 is 2.16 bits per heavy atom. The molecule has 0 aromatic heterocycles. The van der Waals surface area contributed by atoms with E-state index in [0.29, 0.717) is 28.5 Å². The van der Waals surface area contributed by atoms with Gasteiger partial charge < -0.3 is 24.4 Å². The van der Waals surface area contributed by atoms with Crippen LogP contribution in [0, 0.1) is 0 Å². The maximum atomic E-state index is 14.2. The predicted octanol–water partition coefficient (Wildman–Crippen LogP) is 4.89. The number of rotatable bonds is 14. The number of carbonyl (C=O) groups excluding carboxylic acids is 2. The Bertz CT molecular complexity index is 1510. The summed E-state index contributed by atoms with van der Waals surface area (Å²) in [6.45, 7) is 4.92. The Balaban J connectivity index is 2.11.